The summed E-state index contributed by atoms with van der Waals surface area (Å²) in [5.41, 5.74) is 8.56. The number of hydrogen-bond acceptors (Lipinski definition) is 2. The van der Waals surface area contributed by atoms with Crippen molar-refractivity contribution in [2.75, 3.05) is 0 Å². The van der Waals surface area contributed by atoms with Crippen LogP contribution in [-0.4, -0.2) is 0 Å². The van der Waals surface area contributed by atoms with E-state index in [2.05, 4.69) is 0 Å². The minimum Gasteiger partial charge on any atom is -0.454 e. The molecule has 0 bridgehead atoms. The second-order valence-corrected chi connectivity index (χ2v) is 4.82. The molecule has 2 aromatic carbocycles. The minimum absolute atomic E-state index is 0.214. The summed E-state index contributed by atoms with van der Waals surface area (Å²) in [6.45, 7) is 5.71. The van der Waals surface area contributed by atoms with Crippen molar-refractivity contribution in [3.63, 3.8) is 0 Å². The molecule has 0 amide bonds. The summed E-state index contributed by atoms with van der Waals surface area (Å²) in [4.78, 5) is 0. The lowest BCUT2D eigenvalue weighted by atomic mass is 10.1. The van der Waals surface area contributed by atoms with E-state index >= 15 is 0 Å². The molecule has 0 fully saturated rings. The summed E-state index contributed by atoms with van der Waals surface area (Å²) >= 11 is 0. The van der Waals surface area contributed by atoms with Gasteiger partial charge in [-0.1, -0.05) is 24.3 Å². The van der Waals surface area contributed by atoms with Crippen LogP contribution in [0.5, 0.6) is 11.5 Å². The smallest absolute Gasteiger partial charge is 0.167 e. The van der Waals surface area contributed by atoms with Gasteiger partial charge in [-0.25, -0.2) is 4.39 Å². The number of halogens is 1. The zero-order valence-corrected chi connectivity index (χ0v) is 11.4. The van der Waals surface area contributed by atoms with Gasteiger partial charge in [0.2, 0.25) is 0 Å². The van der Waals surface area contributed by atoms with E-state index in [1.54, 1.807) is 12.1 Å². The summed E-state index contributed by atoms with van der Waals surface area (Å²) in [5, 5.41) is 0. The average molecular weight is 259 g/mol. The first-order chi connectivity index (χ1) is 8.99. The fourth-order valence-corrected chi connectivity index (χ4v) is 1.92. The van der Waals surface area contributed by atoms with Gasteiger partial charge in [-0.05, 0) is 44.0 Å². The van der Waals surface area contributed by atoms with Gasteiger partial charge in [0.15, 0.2) is 11.6 Å². The van der Waals surface area contributed by atoms with Crippen LogP contribution in [0.2, 0.25) is 0 Å². The summed E-state index contributed by atoms with van der Waals surface area (Å²) < 4.78 is 19.7. The molecule has 0 radical (unpaired) electrons. The number of hydrogen-bond donors (Lipinski definition) is 1. The SMILES string of the molecule is Cc1ccc(C)c(Oc2c(F)cccc2[C@@H](C)N)c1. The van der Waals surface area contributed by atoms with Crippen LogP contribution >= 0.6 is 0 Å². The molecule has 19 heavy (non-hydrogen) atoms. The molecule has 2 nitrogen and oxygen atoms in total. The number of aryl methyl sites for hydroxylation is 2. The molecular formula is C16H18FNO. The van der Waals surface area contributed by atoms with Crippen LogP contribution in [0.4, 0.5) is 4.39 Å². The van der Waals surface area contributed by atoms with E-state index in [9.17, 15) is 4.39 Å². The molecule has 0 aliphatic carbocycles. The molecule has 2 N–H and O–H groups in total. The van der Waals surface area contributed by atoms with E-state index in [4.69, 9.17) is 10.5 Å². The third-order valence-corrected chi connectivity index (χ3v) is 3.04. The predicted molar refractivity (Wildman–Crippen MR) is 75.0 cm³/mol. The van der Waals surface area contributed by atoms with Crippen molar-refractivity contribution in [1.82, 2.24) is 0 Å². The Morgan fingerprint density at radius 3 is 2.58 bits per heavy atom. The maximum atomic E-state index is 13.9. The molecular weight excluding hydrogens is 241 g/mol. The minimum atomic E-state index is -0.393. The number of para-hydroxylation sites is 1. The van der Waals surface area contributed by atoms with E-state index in [0.29, 0.717) is 11.3 Å². The summed E-state index contributed by atoms with van der Waals surface area (Å²) in [6, 6.07) is 10.4. The zero-order valence-electron chi connectivity index (χ0n) is 11.4. The van der Waals surface area contributed by atoms with E-state index in [0.717, 1.165) is 11.1 Å². The van der Waals surface area contributed by atoms with Gasteiger partial charge in [0, 0.05) is 11.6 Å². The highest BCUT2D eigenvalue weighted by atomic mass is 19.1. The largest absolute Gasteiger partial charge is 0.454 e. The number of ether oxygens (including phenoxy) is 1. The van der Waals surface area contributed by atoms with E-state index in [-0.39, 0.29) is 11.8 Å². The molecule has 0 unspecified atom stereocenters. The molecule has 2 rings (SSSR count). The number of rotatable bonds is 3. The van der Waals surface area contributed by atoms with Crippen LogP contribution in [0, 0.1) is 19.7 Å². The molecule has 0 aromatic heterocycles. The highest BCUT2D eigenvalue weighted by Gasteiger charge is 2.14. The zero-order chi connectivity index (χ0) is 14.0. The first-order valence-corrected chi connectivity index (χ1v) is 6.28. The van der Waals surface area contributed by atoms with Crippen LogP contribution in [0.25, 0.3) is 0 Å². The Labute approximate surface area is 113 Å². The maximum Gasteiger partial charge on any atom is 0.167 e. The highest BCUT2D eigenvalue weighted by Crippen LogP contribution is 2.33. The first-order valence-electron chi connectivity index (χ1n) is 6.28. The fraction of sp³-hybridized carbons (Fsp3) is 0.250. The molecule has 2 aromatic rings. The molecule has 0 saturated carbocycles. The Bertz CT molecular complexity index is 593. The number of benzene rings is 2. The average Bonchev–Trinajstić information content (AvgIpc) is 2.35. The molecule has 100 valence electrons. The van der Waals surface area contributed by atoms with E-state index in [1.165, 1.54) is 6.07 Å². The lowest BCUT2D eigenvalue weighted by molar-refractivity contribution is 0.430. The van der Waals surface area contributed by atoms with Gasteiger partial charge in [-0.15, -0.1) is 0 Å². The van der Waals surface area contributed by atoms with Crippen LogP contribution in [-0.2, 0) is 0 Å². The van der Waals surface area contributed by atoms with Crippen molar-refractivity contribution in [2.24, 2.45) is 5.73 Å². The van der Waals surface area contributed by atoms with Crippen LogP contribution in [0.3, 0.4) is 0 Å². The fourth-order valence-electron chi connectivity index (χ4n) is 1.92. The monoisotopic (exact) mass is 259 g/mol. The lowest BCUT2D eigenvalue weighted by Gasteiger charge is -2.16. The van der Waals surface area contributed by atoms with Gasteiger partial charge in [-0.3, -0.25) is 0 Å². The van der Waals surface area contributed by atoms with Gasteiger partial charge in [-0.2, -0.15) is 0 Å². The molecule has 0 aliphatic rings. The topological polar surface area (TPSA) is 35.2 Å². The van der Waals surface area contributed by atoms with E-state index in [1.807, 2.05) is 39.0 Å². The first kappa shape index (κ1) is 13.6. The maximum absolute atomic E-state index is 13.9. The predicted octanol–water partition coefficient (Wildman–Crippen LogP) is 4.25. The summed E-state index contributed by atoms with van der Waals surface area (Å²) in [6.07, 6.45) is 0. The number of nitrogens with two attached hydrogens (primary N) is 1. The molecule has 0 heterocycles. The second kappa shape index (κ2) is 5.41. The molecule has 0 saturated heterocycles. The van der Waals surface area contributed by atoms with E-state index < -0.39 is 5.82 Å². The Morgan fingerprint density at radius 1 is 1.16 bits per heavy atom. The van der Waals surface area contributed by atoms with Crippen LogP contribution in [0.15, 0.2) is 36.4 Å². The highest BCUT2D eigenvalue weighted by molar-refractivity contribution is 5.44. The van der Waals surface area contributed by atoms with Crippen molar-refractivity contribution in [3.05, 3.63) is 58.9 Å². The quantitative estimate of drug-likeness (QED) is 0.894. The van der Waals surface area contributed by atoms with Gasteiger partial charge in [0.25, 0.3) is 0 Å². The van der Waals surface area contributed by atoms with Gasteiger partial charge >= 0.3 is 0 Å². The van der Waals surface area contributed by atoms with Gasteiger partial charge in [0.1, 0.15) is 5.75 Å². The van der Waals surface area contributed by atoms with Crippen molar-refractivity contribution in [3.8, 4) is 11.5 Å². The van der Waals surface area contributed by atoms with Crippen molar-refractivity contribution in [2.45, 2.75) is 26.8 Å². The third-order valence-electron chi connectivity index (χ3n) is 3.04. The van der Waals surface area contributed by atoms with Crippen LogP contribution in [0.1, 0.15) is 29.7 Å². The standard InChI is InChI=1S/C16H18FNO/c1-10-7-8-11(2)15(9-10)19-16-13(12(3)18)5-4-6-14(16)17/h4-9,12H,18H2,1-3H3/t12-/m1/s1. The summed E-state index contributed by atoms with van der Waals surface area (Å²) in [5.74, 6) is 0.480. The Morgan fingerprint density at radius 2 is 1.89 bits per heavy atom. The van der Waals surface area contributed by atoms with Crippen molar-refractivity contribution in [1.29, 1.82) is 0 Å². The van der Waals surface area contributed by atoms with Gasteiger partial charge < -0.3 is 10.5 Å². The molecule has 0 spiro atoms. The van der Waals surface area contributed by atoms with Crippen molar-refractivity contribution >= 4 is 0 Å². The Kier molecular flexibility index (Phi) is 3.86. The normalized spacial score (nSPS) is 12.3. The molecule has 0 aliphatic heterocycles. The van der Waals surface area contributed by atoms with Crippen molar-refractivity contribution < 1.29 is 9.13 Å². The molecule has 1 atom stereocenters. The Hall–Kier alpha value is -1.87. The second-order valence-electron chi connectivity index (χ2n) is 4.82. The third kappa shape index (κ3) is 2.93. The Balaban J connectivity index is 2.46. The van der Waals surface area contributed by atoms with Gasteiger partial charge in [0.05, 0.1) is 0 Å². The summed E-state index contributed by atoms with van der Waals surface area (Å²) in [7, 11) is 0. The van der Waals surface area contributed by atoms with Crippen LogP contribution < -0.4 is 10.5 Å². The molecule has 3 heteroatoms. The lowest BCUT2D eigenvalue weighted by Crippen LogP contribution is -2.08.